The molecular formula is C19H24N6O5S2. The van der Waals surface area contributed by atoms with E-state index in [1.165, 1.54) is 18.7 Å². The van der Waals surface area contributed by atoms with Gasteiger partial charge in [-0.05, 0) is 13.3 Å². The molecule has 13 heteroatoms. The molecule has 0 aliphatic heterocycles. The molecule has 11 nitrogen and oxygen atoms in total. The van der Waals surface area contributed by atoms with E-state index in [1.54, 1.807) is 18.5 Å². The number of imidazole rings is 1. The van der Waals surface area contributed by atoms with Crippen molar-refractivity contribution in [3.8, 4) is 0 Å². The summed E-state index contributed by atoms with van der Waals surface area (Å²) in [4.78, 5) is 58.2. The SMILES string of the molecule is CCCCn1c(SCC(=O)Nc2nc(C)c(C(=O)OC)s2)nc2c1c(=O)n(C)c(=O)n2C. The van der Waals surface area contributed by atoms with Crippen LogP contribution in [0.15, 0.2) is 14.7 Å². The van der Waals surface area contributed by atoms with Crippen molar-refractivity contribution in [3.05, 3.63) is 31.4 Å². The lowest BCUT2D eigenvalue weighted by molar-refractivity contribution is -0.113. The van der Waals surface area contributed by atoms with Crippen LogP contribution in [0.4, 0.5) is 5.13 Å². The molecule has 0 unspecified atom stereocenters. The zero-order chi connectivity index (χ0) is 23.6. The van der Waals surface area contributed by atoms with Crippen LogP contribution in [0.3, 0.4) is 0 Å². The molecule has 3 heterocycles. The minimum Gasteiger partial charge on any atom is -0.465 e. The Morgan fingerprint density at radius 1 is 1.19 bits per heavy atom. The molecule has 3 aromatic rings. The van der Waals surface area contributed by atoms with Gasteiger partial charge in [-0.1, -0.05) is 36.4 Å². The van der Waals surface area contributed by atoms with Crippen LogP contribution in [0.25, 0.3) is 11.2 Å². The molecule has 32 heavy (non-hydrogen) atoms. The highest BCUT2D eigenvalue weighted by Crippen LogP contribution is 2.25. The highest BCUT2D eigenvalue weighted by Gasteiger charge is 2.21. The fraction of sp³-hybridized carbons (Fsp3) is 0.474. The highest BCUT2D eigenvalue weighted by atomic mass is 32.2. The van der Waals surface area contributed by atoms with Gasteiger partial charge in [0.15, 0.2) is 21.5 Å². The van der Waals surface area contributed by atoms with Crippen molar-refractivity contribution >= 4 is 51.3 Å². The van der Waals surface area contributed by atoms with Crippen LogP contribution >= 0.6 is 23.1 Å². The number of nitrogens with one attached hydrogen (secondary N) is 1. The monoisotopic (exact) mass is 480 g/mol. The quantitative estimate of drug-likeness (QED) is 0.379. The molecule has 172 valence electrons. The number of carbonyl (C=O) groups excluding carboxylic acids is 2. The molecule has 0 saturated carbocycles. The molecule has 0 aromatic carbocycles. The first-order valence-corrected chi connectivity index (χ1v) is 11.6. The smallest absolute Gasteiger partial charge is 0.350 e. The first-order chi connectivity index (χ1) is 15.2. The molecule has 3 aromatic heterocycles. The van der Waals surface area contributed by atoms with Gasteiger partial charge in [0.25, 0.3) is 5.56 Å². The molecule has 1 amide bonds. The summed E-state index contributed by atoms with van der Waals surface area (Å²) in [5, 5.41) is 3.45. The van der Waals surface area contributed by atoms with Gasteiger partial charge in [0, 0.05) is 20.6 Å². The lowest BCUT2D eigenvalue weighted by Gasteiger charge is -2.08. The van der Waals surface area contributed by atoms with Crippen LogP contribution in [0.1, 0.15) is 35.1 Å². The minimum atomic E-state index is -0.508. The zero-order valence-corrected chi connectivity index (χ0v) is 20.1. The number of hydrogen-bond acceptors (Lipinski definition) is 9. The summed E-state index contributed by atoms with van der Waals surface area (Å²) in [5.74, 6) is -0.835. The van der Waals surface area contributed by atoms with Gasteiger partial charge in [0.2, 0.25) is 5.91 Å². The van der Waals surface area contributed by atoms with E-state index in [1.807, 2.05) is 6.92 Å². The van der Waals surface area contributed by atoms with Crippen molar-refractivity contribution < 1.29 is 14.3 Å². The van der Waals surface area contributed by atoms with Gasteiger partial charge in [-0.3, -0.25) is 18.7 Å². The number of ether oxygens (including phenoxy) is 1. The second-order valence-corrected chi connectivity index (χ2v) is 8.98. The van der Waals surface area contributed by atoms with Gasteiger partial charge in [0.05, 0.1) is 18.6 Å². The van der Waals surface area contributed by atoms with Crippen LogP contribution in [-0.2, 0) is 30.2 Å². The first kappa shape index (κ1) is 23.7. The molecule has 0 bridgehead atoms. The third-order valence-corrected chi connectivity index (χ3v) is 6.82. The Balaban J connectivity index is 1.85. The number of thiazole rings is 1. The van der Waals surface area contributed by atoms with Crippen LogP contribution in [0, 0.1) is 6.92 Å². The molecule has 0 atom stereocenters. The number of unbranched alkanes of at least 4 members (excludes halogenated alkanes) is 1. The first-order valence-electron chi connectivity index (χ1n) is 9.84. The van der Waals surface area contributed by atoms with Crippen molar-refractivity contribution in [2.75, 3.05) is 18.2 Å². The minimum absolute atomic E-state index is 0.00982. The highest BCUT2D eigenvalue weighted by molar-refractivity contribution is 7.99. The van der Waals surface area contributed by atoms with Crippen molar-refractivity contribution in [1.82, 2.24) is 23.7 Å². The number of carbonyl (C=O) groups is 2. The Morgan fingerprint density at radius 2 is 1.91 bits per heavy atom. The van der Waals surface area contributed by atoms with Gasteiger partial charge < -0.3 is 14.6 Å². The number of anilines is 1. The van der Waals surface area contributed by atoms with E-state index >= 15 is 0 Å². The van der Waals surface area contributed by atoms with Crippen molar-refractivity contribution in [2.24, 2.45) is 14.1 Å². The number of aromatic nitrogens is 5. The Kier molecular flexibility index (Phi) is 7.19. The van der Waals surface area contributed by atoms with E-state index in [4.69, 9.17) is 4.74 Å². The van der Waals surface area contributed by atoms with E-state index < -0.39 is 17.2 Å². The fourth-order valence-corrected chi connectivity index (χ4v) is 4.80. The van der Waals surface area contributed by atoms with E-state index in [-0.39, 0.29) is 17.3 Å². The maximum atomic E-state index is 12.7. The average Bonchev–Trinajstić information content (AvgIpc) is 3.32. The molecule has 0 fully saturated rings. The lowest BCUT2D eigenvalue weighted by atomic mass is 10.3. The van der Waals surface area contributed by atoms with Crippen molar-refractivity contribution in [1.29, 1.82) is 0 Å². The van der Waals surface area contributed by atoms with Gasteiger partial charge >= 0.3 is 11.7 Å². The number of aryl methyl sites for hydroxylation is 3. The summed E-state index contributed by atoms with van der Waals surface area (Å²) >= 11 is 2.20. The summed E-state index contributed by atoms with van der Waals surface area (Å²) in [7, 11) is 4.27. The number of hydrogen-bond donors (Lipinski definition) is 1. The summed E-state index contributed by atoms with van der Waals surface area (Å²) < 4.78 is 8.85. The summed E-state index contributed by atoms with van der Waals surface area (Å²) in [6.07, 6.45) is 1.72. The maximum absolute atomic E-state index is 12.7. The Morgan fingerprint density at radius 3 is 2.56 bits per heavy atom. The second kappa shape index (κ2) is 9.69. The second-order valence-electron chi connectivity index (χ2n) is 7.04. The molecule has 3 rings (SSSR count). The number of thioether (sulfide) groups is 1. The number of esters is 1. The van der Waals surface area contributed by atoms with E-state index in [0.717, 1.165) is 40.5 Å². The normalized spacial score (nSPS) is 11.2. The summed E-state index contributed by atoms with van der Waals surface area (Å²) in [6, 6.07) is 0. The molecule has 0 aliphatic carbocycles. The fourth-order valence-electron chi connectivity index (χ4n) is 3.08. The Bertz CT molecular complexity index is 1300. The molecule has 0 spiro atoms. The largest absolute Gasteiger partial charge is 0.465 e. The third kappa shape index (κ3) is 4.48. The predicted octanol–water partition coefficient (Wildman–Crippen LogP) is 1.52. The van der Waals surface area contributed by atoms with Crippen LogP contribution in [0.5, 0.6) is 0 Å². The Labute approximate surface area is 191 Å². The van der Waals surface area contributed by atoms with Crippen LogP contribution in [0.2, 0.25) is 0 Å². The predicted molar refractivity (Wildman–Crippen MR) is 123 cm³/mol. The van der Waals surface area contributed by atoms with Gasteiger partial charge in [-0.25, -0.2) is 19.6 Å². The topological polar surface area (TPSA) is 130 Å². The molecule has 0 aliphatic rings. The van der Waals surface area contributed by atoms with Gasteiger partial charge in [-0.2, -0.15) is 0 Å². The molecular weight excluding hydrogens is 456 g/mol. The van der Waals surface area contributed by atoms with E-state index in [2.05, 4.69) is 15.3 Å². The number of amides is 1. The van der Waals surface area contributed by atoms with Gasteiger partial charge in [-0.15, -0.1) is 0 Å². The van der Waals surface area contributed by atoms with Crippen molar-refractivity contribution in [2.45, 2.75) is 38.4 Å². The standard InChI is InChI=1S/C19H24N6O5S2/c1-6-7-8-25-12-14(23(3)19(29)24(4)15(12)27)22-18(25)31-9-11(26)21-17-20-10(2)13(32-17)16(28)30-5/h6-9H2,1-5H3,(H,20,21,26). The number of rotatable bonds is 8. The van der Waals surface area contributed by atoms with Crippen molar-refractivity contribution in [3.63, 3.8) is 0 Å². The van der Waals surface area contributed by atoms with Gasteiger partial charge in [0.1, 0.15) is 4.88 Å². The Hall–Kier alpha value is -2.93. The van der Waals surface area contributed by atoms with Crippen LogP contribution in [-0.4, -0.2) is 48.4 Å². The third-order valence-electron chi connectivity index (χ3n) is 4.79. The average molecular weight is 481 g/mol. The van der Waals surface area contributed by atoms with E-state index in [0.29, 0.717) is 32.9 Å². The zero-order valence-electron chi connectivity index (χ0n) is 18.4. The number of fused-ring (bicyclic) bond motifs is 1. The lowest BCUT2D eigenvalue weighted by Crippen LogP contribution is -2.37. The molecule has 1 N–H and O–H groups in total. The summed E-state index contributed by atoms with van der Waals surface area (Å²) in [6.45, 7) is 4.23. The number of methoxy groups -OCH3 is 1. The maximum Gasteiger partial charge on any atom is 0.350 e. The summed E-state index contributed by atoms with van der Waals surface area (Å²) in [5.41, 5.74) is 0.219. The van der Waals surface area contributed by atoms with E-state index in [9.17, 15) is 19.2 Å². The molecule has 0 saturated heterocycles. The number of nitrogens with zero attached hydrogens (tertiary/aromatic N) is 5. The van der Waals surface area contributed by atoms with Crippen LogP contribution < -0.4 is 16.6 Å². The molecule has 0 radical (unpaired) electrons.